The highest BCUT2D eigenvalue weighted by molar-refractivity contribution is 6.22. The lowest BCUT2D eigenvalue weighted by molar-refractivity contribution is 0.909. The van der Waals surface area contributed by atoms with E-state index in [-0.39, 0.29) is 49.4 Å². The van der Waals surface area contributed by atoms with Crippen molar-refractivity contribution in [3.63, 3.8) is 0 Å². The van der Waals surface area contributed by atoms with Gasteiger partial charge < -0.3 is 0 Å². The van der Waals surface area contributed by atoms with E-state index >= 15 is 0 Å². The number of aryl methyl sites for hydroxylation is 1. The molecule has 7 aromatic carbocycles. The largest absolute Gasteiger partial charge is 0.296 e. The molecule has 0 amide bonds. The third kappa shape index (κ3) is 4.14. The summed E-state index contributed by atoms with van der Waals surface area (Å²) < 4.78 is 117. The van der Waals surface area contributed by atoms with Gasteiger partial charge in [-0.2, -0.15) is 0 Å². The fourth-order valence-corrected chi connectivity index (χ4v) is 5.87. The molecule has 43 heavy (non-hydrogen) atoms. The van der Waals surface area contributed by atoms with Crippen molar-refractivity contribution in [2.45, 2.75) is 13.3 Å². The molecule has 0 radical (unpaired) electrons. The SMILES string of the molecule is [2H]c1c([2H])c([2H])c(-c2cccc(-c3c4c([2H])c([2H])c([2H])c([2H])c4c(-c4ccccc4-n4c(CC)nc5ccccc54)c4c([2H])c([2H])c([2H])c([2H])c34)c2)c([2H])c1[2H]. The number of fused-ring (bicyclic) bond motifs is 3. The summed E-state index contributed by atoms with van der Waals surface area (Å²) in [5.74, 6) is 0.706. The number of nitrogens with zero attached hydrogens (tertiary/aromatic N) is 2. The maximum atomic E-state index is 9.41. The molecule has 0 N–H and O–H groups in total. The van der Waals surface area contributed by atoms with Crippen LogP contribution in [-0.2, 0) is 6.42 Å². The van der Waals surface area contributed by atoms with E-state index in [0.29, 0.717) is 23.5 Å². The number of para-hydroxylation sites is 3. The van der Waals surface area contributed by atoms with Crippen molar-refractivity contribution in [1.29, 1.82) is 0 Å². The van der Waals surface area contributed by atoms with Gasteiger partial charge >= 0.3 is 0 Å². The van der Waals surface area contributed by atoms with Crippen LogP contribution in [0.3, 0.4) is 0 Å². The molecule has 204 valence electrons. The Bertz CT molecular complexity index is 2900. The molecule has 2 heteroatoms. The molecule has 0 atom stereocenters. The van der Waals surface area contributed by atoms with Gasteiger partial charge in [0.2, 0.25) is 0 Å². The summed E-state index contributed by atoms with van der Waals surface area (Å²) >= 11 is 0. The first kappa shape index (κ1) is 15.1. The Labute approximate surface area is 269 Å². The first-order chi connectivity index (χ1) is 26.7. The average molecular weight is 564 g/mol. The zero-order valence-corrected chi connectivity index (χ0v) is 23.0. The molecule has 0 fully saturated rings. The Kier molecular flexibility index (Phi) is 3.67. The van der Waals surface area contributed by atoms with Crippen molar-refractivity contribution >= 4 is 32.6 Å². The van der Waals surface area contributed by atoms with Crippen LogP contribution in [0.1, 0.15) is 30.6 Å². The Morgan fingerprint density at radius 1 is 0.581 bits per heavy atom. The van der Waals surface area contributed by atoms with Crippen LogP contribution in [0.5, 0.6) is 0 Å². The van der Waals surface area contributed by atoms with Crippen LogP contribution in [0.25, 0.3) is 71.6 Å². The molecule has 0 spiro atoms. The van der Waals surface area contributed by atoms with Gasteiger partial charge in [-0.15, -0.1) is 0 Å². The van der Waals surface area contributed by atoms with Crippen LogP contribution in [0, 0.1) is 0 Å². The van der Waals surface area contributed by atoms with Crippen LogP contribution >= 0.6 is 0 Å². The van der Waals surface area contributed by atoms with E-state index in [1.807, 2.05) is 47.9 Å². The highest BCUT2D eigenvalue weighted by atomic mass is 15.1. The highest BCUT2D eigenvalue weighted by Crippen LogP contribution is 2.45. The van der Waals surface area contributed by atoms with Crippen LogP contribution in [0.2, 0.25) is 0 Å². The summed E-state index contributed by atoms with van der Waals surface area (Å²) in [4.78, 5) is 4.86. The van der Waals surface area contributed by atoms with Gasteiger partial charge in [-0.05, 0) is 73.6 Å². The van der Waals surface area contributed by atoms with Gasteiger partial charge in [0.1, 0.15) is 5.82 Å². The summed E-state index contributed by atoms with van der Waals surface area (Å²) in [6.45, 7) is 1.96. The van der Waals surface area contributed by atoms with E-state index in [4.69, 9.17) is 17.3 Å². The third-order valence-corrected chi connectivity index (χ3v) is 7.68. The summed E-state index contributed by atoms with van der Waals surface area (Å²) in [6, 6.07) is 14.5. The van der Waals surface area contributed by atoms with Crippen LogP contribution < -0.4 is 0 Å². The quantitative estimate of drug-likeness (QED) is 0.190. The minimum atomic E-state index is -0.561. The summed E-state index contributed by atoms with van der Waals surface area (Å²) in [7, 11) is 0. The Morgan fingerprint density at radius 3 is 1.91 bits per heavy atom. The molecular formula is C41H30N2. The van der Waals surface area contributed by atoms with Gasteiger partial charge in [-0.1, -0.05) is 134 Å². The van der Waals surface area contributed by atoms with E-state index < -0.39 is 78.6 Å². The molecule has 0 saturated carbocycles. The monoisotopic (exact) mass is 563 g/mol. The summed E-state index contributed by atoms with van der Waals surface area (Å²) in [5, 5.41) is 0.0174. The van der Waals surface area contributed by atoms with Gasteiger partial charge in [-0.25, -0.2) is 4.98 Å². The number of hydrogen-bond acceptors (Lipinski definition) is 1. The standard InChI is InChI=1S/C41H30N2/c1-2-39-42-36-24-11-13-26-38(36)43(39)37-25-12-10-23-35(37)41-33-21-8-6-19-31(33)40(32-20-7-9-22-34(32)41)30-18-14-17-29(27-30)28-15-4-3-5-16-28/h3-27H,2H2,1H3/i3D,4D,5D,6D,7D,8D,9D,15D,16D,19D,20D,21D,22D. The van der Waals surface area contributed by atoms with Crippen molar-refractivity contribution in [2.24, 2.45) is 0 Å². The number of benzene rings is 7. The second kappa shape index (κ2) is 10.4. The molecule has 0 aliphatic carbocycles. The normalized spacial score (nSPS) is 15.7. The molecule has 0 saturated heterocycles. The fraction of sp³-hybridized carbons (Fsp3) is 0.0488. The molecule has 1 heterocycles. The number of aromatic nitrogens is 2. The van der Waals surface area contributed by atoms with Gasteiger partial charge in [0.25, 0.3) is 0 Å². The second-order valence-corrected chi connectivity index (χ2v) is 10.1. The third-order valence-electron chi connectivity index (χ3n) is 7.68. The lowest BCUT2D eigenvalue weighted by Gasteiger charge is -2.21. The van der Waals surface area contributed by atoms with E-state index in [2.05, 4.69) is 0 Å². The van der Waals surface area contributed by atoms with Crippen molar-refractivity contribution in [3.8, 4) is 39.1 Å². The van der Waals surface area contributed by atoms with E-state index in [1.54, 1.807) is 30.3 Å². The van der Waals surface area contributed by atoms with Crippen LogP contribution in [-0.4, -0.2) is 9.55 Å². The molecule has 0 bridgehead atoms. The first-order valence-electron chi connectivity index (χ1n) is 20.4. The van der Waals surface area contributed by atoms with Crippen molar-refractivity contribution in [3.05, 3.63) is 157 Å². The predicted molar refractivity (Wildman–Crippen MR) is 182 cm³/mol. The topological polar surface area (TPSA) is 17.8 Å². The lowest BCUT2D eigenvalue weighted by atomic mass is 9.85. The van der Waals surface area contributed by atoms with Gasteiger partial charge in [-0.3, -0.25) is 4.57 Å². The molecule has 0 aliphatic rings. The van der Waals surface area contributed by atoms with E-state index in [9.17, 15) is 5.48 Å². The number of hydrogen-bond donors (Lipinski definition) is 0. The maximum Gasteiger partial charge on any atom is 0.114 e. The molecule has 0 unspecified atom stereocenters. The minimum absolute atomic E-state index is 0.0113. The number of imidazole rings is 1. The number of rotatable bonds is 5. The van der Waals surface area contributed by atoms with E-state index in [1.165, 1.54) is 6.07 Å². The Hall–Kier alpha value is -5.47. The second-order valence-electron chi connectivity index (χ2n) is 10.1. The van der Waals surface area contributed by atoms with Crippen molar-refractivity contribution < 1.29 is 17.8 Å². The minimum Gasteiger partial charge on any atom is -0.296 e. The Balaban J connectivity index is 1.61. The first-order valence-corrected chi connectivity index (χ1v) is 13.9. The van der Waals surface area contributed by atoms with Gasteiger partial charge in [0.15, 0.2) is 0 Å². The molecule has 0 aliphatic heterocycles. The molecule has 2 nitrogen and oxygen atoms in total. The fourth-order valence-electron chi connectivity index (χ4n) is 5.87. The smallest absolute Gasteiger partial charge is 0.114 e. The molecule has 8 aromatic rings. The molecule has 1 aromatic heterocycles. The van der Waals surface area contributed by atoms with Crippen LogP contribution in [0.15, 0.2) is 151 Å². The molecular weight excluding hydrogens is 520 g/mol. The highest BCUT2D eigenvalue weighted by Gasteiger charge is 2.21. The predicted octanol–water partition coefficient (Wildman–Crippen LogP) is 10.9. The zero-order chi connectivity index (χ0) is 40.1. The summed E-state index contributed by atoms with van der Waals surface area (Å²) in [6.07, 6.45) is 0.535. The van der Waals surface area contributed by atoms with Crippen molar-refractivity contribution in [1.82, 2.24) is 9.55 Å². The summed E-state index contributed by atoms with van der Waals surface area (Å²) in [5.41, 5.74) is 3.12. The van der Waals surface area contributed by atoms with Gasteiger partial charge in [0.05, 0.1) is 34.5 Å². The lowest BCUT2D eigenvalue weighted by Crippen LogP contribution is -2.03. The average Bonchev–Trinajstić information content (AvgIpc) is 3.59. The molecule has 8 rings (SSSR count). The zero-order valence-electron chi connectivity index (χ0n) is 36.0. The Morgan fingerprint density at radius 2 is 1.19 bits per heavy atom. The van der Waals surface area contributed by atoms with Crippen molar-refractivity contribution in [2.75, 3.05) is 0 Å². The van der Waals surface area contributed by atoms with Gasteiger partial charge in [0, 0.05) is 12.0 Å². The maximum absolute atomic E-state index is 9.41. The van der Waals surface area contributed by atoms with Crippen LogP contribution in [0.4, 0.5) is 0 Å². The van der Waals surface area contributed by atoms with E-state index in [0.717, 1.165) is 11.0 Å².